The monoisotopic (exact) mass is 278 g/mol. The number of benzene rings is 1. The van der Waals surface area contributed by atoms with Crippen molar-refractivity contribution in [2.45, 2.75) is 39.7 Å². The minimum absolute atomic E-state index is 0.0509. The Morgan fingerprint density at radius 3 is 2.53 bits per heavy atom. The molecule has 0 saturated carbocycles. The second kappa shape index (κ2) is 5.02. The molecule has 4 heteroatoms. The third-order valence-electron chi connectivity index (χ3n) is 3.02. The van der Waals surface area contributed by atoms with Gasteiger partial charge in [-0.05, 0) is 24.6 Å². The van der Waals surface area contributed by atoms with Gasteiger partial charge in [0.2, 0.25) is 0 Å². The van der Waals surface area contributed by atoms with Gasteiger partial charge in [-0.1, -0.05) is 26.8 Å². The van der Waals surface area contributed by atoms with Gasteiger partial charge in [0.05, 0.1) is 5.69 Å². The van der Waals surface area contributed by atoms with Crippen LogP contribution in [0.1, 0.15) is 36.9 Å². The van der Waals surface area contributed by atoms with Crippen molar-refractivity contribution < 1.29 is 4.39 Å². The van der Waals surface area contributed by atoms with Crippen LogP contribution < -0.4 is 5.73 Å². The first-order valence-corrected chi connectivity index (χ1v) is 7.11. The Balaban J connectivity index is 2.58. The van der Waals surface area contributed by atoms with Crippen LogP contribution in [0, 0.1) is 12.7 Å². The van der Waals surface area contributed by atoms with Crippen LogP contribution in [0.4, 0.5) is 4.39 Å². The molecule has 0 amide bonds. The van der Waals surface area contributed by atoms with E-state index >= 15 is 0 Å². The van der Waals surface area contributed by atoms with Gasteiger partial charge in [-0.2, -0.15) is 0 Å². The maximum Gasteiger partial charge on any atom is 0.124 e. The van der Waals surface area contributed by atoms with Crippen molar-refractivity contribution >= 4 is 11.3 Å². The molecule has 2 N–H and O–H groups in total. The Morgan fingerprint density at radius 2 is 2.00 bits per heavy atom. The predicted molar refractivity (Wildman–Crippen MR) is 78.8 cm³/mol. The summed E-state index contributed by atoms with van der Waals surface area (Å²) in [6, 6.07) is 4.80. The van der Waals surface area contributed by atoms with Crippen LogP contribution in [0.5, 0.6) is 0 Å². The summed E-state index contributed by atoms with van der Waals surface area (Å²) in [5.41, 5.74) is 8.65. The largest absolute Gasteiger partial charge is 0.326 e. The summed E-state index contributed by atoms with van der Waals surface area (Å²) in [6.07, 6.45) is 0. The zero-order valence-electron chi connectivity index (χ0n) is 11.7. The minimum Gasteiger partial charge on any atom is -0.326 e. The summed E-state index contributed by atoms with van der Waals surface area (Å²) >= 11 is 1.56. The lowest BCUT2D eigenvalue weighted by Crippen LogP contribution is -2.15. The number of hydrogen-bond acceptors (Lipinski definition) is 3. The molecule has 0 radical (unpaired) electrons. The summed E-state index contributed by atoms with van der Waals surface area (Å²) in [5, 5.41) is 0.849. The van der Waals surface area contributed by atoms with Crippen molar-refractivity contribution in [3.63, 3.8) is 0 Å². The molecule has 0 unspecified atom stereocenters. The minimum atomic E-state index is -0.234. The topological polar surface area (TPSA) is 38.9 Å². The van der Waals surface area contributed by atoms with Crippen molar-refractivity contribution in [2.75, 3.05) is 0 Å². The highest BCUT2D eigenvalue weighted by Gasteiger charge is 2.23. The first-order valence-electron chi connectivity index (χ1n) is 6.29. The lowest BCUT2D eigenvalue weighted by molar-refractivity contribution is 0.567. The molecular weight excluding hydrogens is 259 g/mol. The number of nitrogens with zero attached hydrogens (tertiary/aromatic N) is 1. The SMILES string of the molecule is Cc1ccc(F)cc1-c1nc(C(C)(C)C)c(CN)s1. The van der Waals surface area contributed by atoms with Gasteiger partial charge in [-0.25, -0.2) is 9.37 Å². The first-order chi connectivity index (χ1) is 8.82. The maximum atomic E-state index is 13.4. The summed E-state index contributed by atoms with van der Waals surface area (Å²) in [7, 11) is 0. The third kappa shape index (κ3) is 2.85. The molecule has 19 heavy (non-hydrogen) atoms. The quantitative estimate of drug-likeness (QED) is 0.901. The predicted octanol–water partition coefficient (Wildman–Crippen LogP) is 4.01. The van der Waals surface area contributed by atoms with E-state index in [-0.39, 0.29) is 11.2 Å². The van der Waals surface area contributed by atoms with E-state index in [2.05, 4.69) is 20.8 Å². The van der Waals surface area contributed by atoms with Gasteiger partial charge in [0.1, 0.15) is 10.8 Å². The van der Waals surface area contributed by atoms with Crippen molar-refractivity contribution in [2.24, 2.45) is 5.73 Å². The summed E-state index contributed by atoms with van der Waals surface area (Å²) in [5.74, 6) is -0.234. The molecule has 1 aromatic heterocycles. The van der Waals surface area contributed by atoms with Gasteiger partial charge in [0, 0.05) is 22.4 Å². The Morgan fingerprint density at radius 1 is 1.32 bits per heavy atom. The molecule has 0 saturated heterocycles. The lowest BCUT2D eigenvalue weighted by Gasteiger charge is -2.16. The molecule has 0 aliphatic rings. The number of aryl methyl sites for hydroxylation is 1. The number of nitrogens with two attached hydrogens (primary N) is 1. The van der Waals surface area contributed by atoms with Crippen LogP contribution in [-0.4, -0.2) is 4.98 Å². The van der Waals surface area contributed by atoms with Crippen LogP contribution in [-0.2, 0) is 12.0 Å². The van der Waals surface area contributed by atoms with Crippen LogP contribution in [0.15, 0.2) is 18.2 Å². The maximum absolute atomic E-state index is 13.4. The molecule has 2 aromatic rings. The molecule has 0 fully saturated rings. The van der Waals surface area contributed by atoms with E-state index in [1.807, 2.05) is 6.92 Å². The fourth-order valence-electron chi connectivity index (χ4n) is 2.02. The number of halogens is 1. The molecule has 102 valence electrons. The molecular formula is C15H19FN2S. The standard InChI is InChI=1S/C15H19FN2S/c1-9-5-6-10(16)7-11(9)14-18-13(15(2,3)4)12(8-17)19-14/h5-7H,8,17H2,1-4H3. The fraction of sp³-hybridized carbons (Fsp3) is 0.400. The van der Waals surface area contributed by atoms with Crippen LogP contribution >= 0.6 is 11.3 Å². The fourth-order valence-corrected chi connectivity index (χ4v) is 3.25. The van der Waals surface area contributed by atoms with Gasteiger partial charge in [0.25, 0.3) is 0 Å². The van der Waals surface area contributed by atoms with E-state index in [1.54, 1.807) is 23.5 Å². The Kier molecular flexibility index (Phi) is 3.74. The summed E-state index contributed by atoms with van der Waals surface area (Å²) in [6.45, 7) is 8.78. The zero-order chi connectivity index (χ0) is 14.2. The second-order valence-corrected chi connectivity index (χ2v) is 6.79. The Labute approximate surface area is 117 Å². The Bertz CT molecular complexity index is 597. The number of rotatable bonds is 2. The van der Waals surface area contributed by atoms with Crippen molar-refractivity contribution in [1.29, 1.82) is 0 Å². The zero-order valence-corrected chi connectivity index (χ0v) is 12.6. The molecule has 0 atom stereocenters. The molecule has 1 aromatic carbocycles. The third-order valence-corrected chi connectivity index (χ3v) is 4.13. The molecule has 0 spiro atoms. The number of hydrogen-bond donors (Lipinski definition) is 1. The van der Waals surface area contributed by atoms with Crippen LogP contribution in [0.25, 0.3) is 10.6 Å². The summed E-state index contributed by atoms with van der Waals surface area (Å²) < 4.78 is 13.4. The summed E-state index contributed by atoms with van der Waals surface area (Å²) in [4.78, 5) is 5.77. The molecule has 0 bridgehead atoms. The molecule has 2 rings (SSSR count). The van der Waals surface area contributed by atoms with Crippen LogP contribution in [0.2, 0.25) is 0 Å². The first kappa shape index (κ1) is 14.2. The van der Waals surface area contributed by atoms with Crippen molar-refractivity contribution in [1.82, 2.24) is 4.98 Å². The van der Waals surface area contributed by atoms with E-state index in [0.717, 1.165) is 26.7 Å². The molecule has 1 heterocycles. The van der Waals surface area contributed by atoms with E-state index in [1.165, 1.54) is 6.07 Å². The average molecular weight is 278 g/mol. The normalized spacial score (nSPS) is 11.9. The van der Waals surface area contributed by atoms with Crippen molar-refractivity contribution in [3.05, 3.63) is 40.2 Å². The van der Waals surface area contributed by atoms with Gasteiger partial charge in [-0.15, -0.1) is 11.3 Å². The molecule has 0 aliphatic heterocycles. The van der Waals surface area contributed by atoms with E-state index < -0.39 is 0 Å². The molecule has 0 aliphatic carbocycles. The van der Waals surface area contributed by atoms with Gasteiger partial charge >= 0.3 is 0 Å². The van der Waals surface area contributed by atoms with Crippen LogP contribution in [0.3, 0.4) is 0 Å². The van der Waals surface area contributed by atoms with E-state index in [9.17, 15) is 4.39 Å². The van der Waals surface area contributed by atoms with E-state index in [4.69, 9.17) is 10.7 Å². The lowest BCUT2D eigenvalue weighted by atomic mass is 9.91. The average Bonchev–Trinajstić information content (AvgIpc) is 2.76. The Hall–Kier alpha value is -1.26. The highest BCUT2D eigenvalue weighted by Crippen LogP contribution is 2.35. The highest BCUT2D eigenvalue weighted by molar-refractivity contribution is 7.15. The number of aromatic nitrogens is 1. The molecule has 2 nitrogen and oxygen atoms in total. The van der Waals surface area contributed by atoms with Gasteiger partial charge < -0.3 is 5.73 Å². The smallest absolute Gasteiger partial charge is 0.124 e. The second-order valence-electron chi connectivity index (χ2n) is 5.70. The highest BCUT2D eigenvalue weighted by atomic mass is 32.1. The van der Waals surface area contributed by atoms with Gasteiger partial charge in [-0.3, -0.25) is 0 Å². The van der Waals surface area contributed by atoms with E-state index in [0.29, 0.717) is 6.54 Å². The van der Waals surface area contributed by atoms with Gasteiger partial charge in [0.15, 0.2) is 0 Å². The van der Waals surface area contributed by atoms with Crippen molar-refractivity contribution in [3.8, 4) is 10.6 Å². The number of thiazole rings is 1.